The molecular formula is C19H27NSi. The molecule has 0 aliphatic rings. The maximum absolute atomic E-state index is 8.35. The van der Waals surface area contributed by atoms with Crippen molar-refractivity contribution in [2.75, 3.05) is 0 Å². The molecule has 2 aromatic rings. The van der Waals surface area contributed by atoms with E-state index in [0.29, 0.717) is 5.56 Å². The average molecular weight is 300 g/mol. The SMILES string of the molecule is [2H]C([2H])(c1ccc(-c2ccc([Si](C)(C)C)cn2)cc1)C(C)(C)C. The maximum Gasteiger partial charge on any atom is 0.0796 e. The third-order valence-electron chi connectivity index (χ3n) is 3.33. The van der Waals surface area contributed by atoms with E-state index in [1.807, 2.05) is 51.2 Å². The normalized spacial score (nSPS) is 14.6. The first-order chi connectivity index (χ1) is 10.4. The Balaban J connectivity index is 2.30. The van der Waals surface area contributed by atoms with E-state index in [4.69, 9.17) is 2.74 Å². The first-order valence-corrected chi connectivity index (χ1v) is 11.0. The molecule has 112 valence electrons. The highest BCUT2D eigenvalue weighted by Crippen LogP contribution is 2.23. The lowest BCUT2D eigenvalue weighted by Crippen LogP contribution is -2.37. The lowest BCUT2D eigenvalue weighted by molar-refractivity contribution is 0.411. The highest BCUT2D eigenvalue weighted by molar-refractivity contribution is 6.88. The Labute approximate surface area is 133 Å². The van der Waals surface area contributed by atoms with Gasteiger partial charge in [0.25, 0.3) is 0 Å². The van der Waals surface area contributed by atoms with Crippen LogP contribution in [0.3, 0.4) is 0 Å². The topological polar surface area (TPSA) is 12.9 Å². The van der Waals surface area contributed by atoms with Crippen LogP contribution in [0.1, 0.15) is 29.1 Å². The Morgan fingerprint density at radius 3 is 2.05 bits per heavy atom. The largest absolute Gasteiger partial charge is 0.256 e. The van der Waals surface area contributed by atoms with Crippen molar-refractivity contribution in [3.8, 4) is 11.3 Å². The molecule has 0 saturated heterocycles. The van der Waals surface area contributed by atoms with Gasteiger partial charge in [0.15, 0.2) is 0 Å². The standard InChI is InChI=1S/C19H27NSi/c1-19(2,3)13-15-7-9-16(10-8-15)18-12-11-17(14-20-18)21(4,5)6/h7-12,14H,13H2,1-6H3/i13D2. The van der Waals surface area contributed by atoms with E-state index >= 15 is 0 Å². The van der Waals surface area contributed by atoms with Crippen LogP contribution in [0.15, 0.2) is 42.6 Å². The highest BCUT2D eigenvalue weighted by Gasteiger charge is 2.16. The van der Waals surface area contributed by atoms with Gasteiger partial charge in [0.05, 0.1) is 13.8 Å². The molecule has 2 rings (SSSR count). The van der Waals surface area contributed by atoms with E-state index in [1.54, 1.807) is 0 Å². The van der Waals surface area contributed by atoms with Crippen LogP contribution in [0.2, 0.25) is 19.6 Å². The molecule has 1 aromatic heterocycles. The molecule has 1 aromatic carbocycles. The van der Waals surface area contributed by atoms with Crippen molar-refractivity contribution in [1.29, 1.82) is 0 Å². The van der Waals surface area contributed by atoms with Gasteiger partial charge in [-0.25, -0.2) is 0 Å². The molecular weight excluding hydrogens is 270 g/mol. The zero-order valence-electron chi connectivity index (χ0n) is 16.0. The van der Waals surface area contributed by atoms with Crippen LogP contribution >= 0.6 is 0 Å². The minimum absolute atomic E-state index is 0.439. The van der Waals surface area contributed by atoms with Gasteiger partial charge in [-0.2, -0.15) is 0 Å². The Bertz CT molecular complexity index is 663. The zero-order valence-corrected chi connectivity index (χ0v) is 15.0. The molecule has 21 heavy (non-hydrogen) atoms. The number of hydrogen-bond donors (Lipinski definition) is 0. The van der Waals surface area contributed by atoms with Crippen molar-refractivity contribution in [1.82, 2.24) is 4.98 Å². The second-order valence-electron chi connectivity index (χ2n) is 7.63. The Hall–Kier alpha value is -1.41. The van der Waals surface area contributed by atoms with Crippen molar-refractivity contribution in [3.63, 3.8) is 0 Å². The fourth-order valence-electron chi connectivity index (χ4n) is 2.17. The van der Waals surface area contributed by atoms with Gasteiger partial charge in [0.2, 0.25) is 0 Å². The molecule has 0 amide bonds. The summed E-state index contributed by atoms with van der Waals surface area (Å²) in [5.41, 5.74) is 2.24. The molecule has 0 unspecified atom stereocenters. The fraction of sp³-hybridized carbons (Fsp3) is 0.421. The first-order valence-electron chi connectivity index (χ1n) is 8.50. The van der Waals surface area contributed by atoms with E-state index in [9.17, 15) is 0 Å². The molecule has 1 nitrogen and oxygen atoms in total. The lowest BCUT2D eigenvalue weighted by atomic mass is 9.88. The summed E-state index contributed by atoms with van der Waals surface area (Å²) in [4.78, 5) is 4.60. The van der Waals surface area contributed by atoms with Crippen LogP contribution in [-0.2, 0) is 6.37 Å². The monoisotopic (exact) mass is 299 g/mol. The van der Waals surface area contributed by atoms with E-state index in [0.717, 1.165) is 11.3 Å². The van der Waals surface area contributed by atoms with Crippen molar-refractivity contribution < 1.29 is 2.74 Å². The molecule has 0 radical (unpaired) electrons. The van der Waals surface area contributed by atoms with Gasteiger partial charge in [-0.1, -0.05) is 70.7 Å². The molecule has 2 heteroatoms. The van der Waals surface area contributed by atoms with Gasteiger partial charge < -0.3 is 0 Å². The molecule has 0 spiro atoms. The first kappa shape index (κ1) is 13.3. The summed E-state index contributed by atoms with van der Waals surface area (Å²) < 4.78 is 16.7. The van der Waals surface area contributed by atoms with Crippen LogP contribution in [0.5, 0.6) is 0 Å². The fourth-order valence-corrected chi connectivity index (χ4v) is 3.20. The second kappa shape index (κ2) is 5.76. The van der Waals surface area contributed by atoms with Gasteiger partial charge in [0, 0.05) is 14.5 Å². The predicted molar refractivity (Wildman–Crippen MR) is 95.8 cm³/mol. The van der Waals surface area contributed by atoms with Crippen LogP contribution < -0.4 is 5.19 Å². The highest BCUT2D eigenvalue weighted by atomic mass is 28.3. The van der Waals surface area contributed by atoms with Gasteiger partial charge in [-0.15, -0.1) is 0 Å². The molecule has 0 atom stereocenters. The van der Waals surface area contributed by atoms with Crippen molar-refractivity contribution in [2.24, 2.45) is 5.41 Å². The molecule has 0 aliphatic heterocycles. The molecule has 1 heterocycles. The number of pyridine rings is 1. The molecule has 0 aliphatic carbocycles. The quantitative estimate of drug-likeness (QED) is 0.736. The Morgan fingerprint density at radius 2 is 1.62 bits per heavy atom. The third-order valence-corrected chi connectivity index (χ3v) is 5.36. The van der Waals surface area contributed by atoms with Gasteiger partial charge in [-0.05, 0) is 28.6 Å². The van der Waals surface area contributed by atoms with Crippen LogP contribution in [0.25, 0.3) is 11.3 Å². The Morgan fingerprint density at radius 1 is 1.00 bits per heavy atom. The van der Waals surface area contributed by atoms with Crippen molar-refractivity contribution >= 4 is 13.3 Å². The number of nitrogens with zero attached hydrogens (tertiary/aromatic N) is 1. The molecule has 0 bridgehead atoms. The lowest BCUT2D eigenvalue weighted by Gasteiger charge is -2.18. The summed E-state index contributed by atoms with van der Waals surface area (Å²) in [7, 11) is -1.32. The summed E-state index contributed by atoms with van der Waals surface area (Å²) in [6.07, 6.45) is 0.630. The van der Waals surface area contributed by atoms with E-state index in [2.05, 4.69) is 36.8 Å². The van der Waals surface area contributed by atoms with Gasteiger partial charge in [0.1, 0.15) is 0 Å². The number of hydrogen-bond acceptors (Lipinski definition) is 1. The summed E-state index contributed by atoms with van der Waals surface area (Å²) in [5, 5.41) is 1.35. The molecule has 0 saturated carbocycles. The van der Waals surface area contributed by atoms with E-state index < -0.39 is 19.9 Å². The molecule has 0 fully saturated rings. The minimum Gasteiger partial charge on any atom is -0.256 e. The molecule has 0 N–H and O–H groups in total. The summed E-state index contributed by atoms with van der Waals surface area (Å²) in [5.74, 6) is 0. The summed E-state index contributed by atoms with van der Waals surface area (Å²) in [6, 6.07) is 12.0. The van der Waals surface area contributed by atoms with Crippen LogP contribution in [-0.4, -0.2) is 13.1 Å². The van der Waals surface area contributed by atoms with Crippen molar-refractivity contribution in [2.45, 2.75) is 46.8 Å². The number of benzene rings is 1. The van der Waals surface area contributed by atoms with Crippen molar-refractivity contribution in [3.05, 3.63) is 48.2 Å². The number of rotatable bonds is 3. The summed E-state index contributed by atoms with van der Waals surface area (Å²) >= 11 is 0. The number of aromatic nitrogens is 1. The van der Waals surface area contributed by atoms with Gasteiger partial charge in [-0.3, -0.25) is 4.98 Å². The zero-order chi connectivity index (χ0) is 17.5. The third kappa shape index (κ3) is 4.53. The second-order valence-corrected chi connectivity index (χ2v) is 12.7. The average Bonchev–Trinajstić information content (AvgIpc) is 2.45. The maximum atomic E-state index is 8.35. The Kier molecular flexibility index (Phi) is 3.64. The van der Waals surface area contributed by atoms with E-state index in [1.165, 1.54) is 5.19 Å². The van der Waals surface area contributed by atoms with Crippen LogP contribution in [0, 0.1) is 5.41 Å². The minimum atomic E-state index is -1.36. The smallest absolute Gasteiger partial charge is 0.0796 e. The van der Waals surface area contributed by atoms with Crippen LogP contribution in [0.4, 0.5) is 0 Å². The predicted octanol–water partition coefficient (Wildman–Crippen LogP) is 4.88. The van der Waals surface area contributed by atoms with Gasteiger partial charge >= 0.3 is 0 Å². The van der Waals surface area contributed by atoms with E-state index in [-0.39, 0.29) is 0 Å². The summed E-state index contributed by atoms with van der Waals surface area (Å²) in [6.45, 7) is 12.7.